The molecule has 2 aromatic rings. The van der Waals surface area contributed by atoms with Crippen molar-refractivity contribution >= 4 is 28.6 Å². The van der Waals surface area contributed by atoms with Gasteiger partial charge in [0.15, 0.2) is 0 Å². The Balaban J connectivity index is 2.00. The molecule has 3 N–H and O–H groups in total. The van der Waals surface area contributed by atoms with Crippen molar-refractivity contribution in [3.05, 3.63) is 119 Å². The minimum atomic E-state index is -4.52. The minimum absolute atomic E-state index is 0.0607. The number of halogens is 4. The number of ether oxygens (including phenoxy) is 1. The molecular formula is C42H53F4N3O2. The number of allylic oxidation sites excluding steroid dienone is 8. The number of carbonyl (C=O) groups is 1. The number of likely N-dealkylation sites (tertiary alicyclic amines) is 1. The van der Waals surface area contributed by atoms with Gasteiger partial charge in [-0.25, -0.2) is 4.39 Å². The summed E-state index contributed by atoms with van der Waals surface area (Å²) >= 11 is 0. The summed E-state index contributed by atoms with van der Waals surface area (Å²) in [5, 5.41) is 2.92. The number of nitrogens with two attached hydrogens (primary N) is 1. The van der Waals surface area contributed by atoms with Crippen molar-refractivity contribution in [2.75, 3.05) is 25.4 Å². The first-order valence-corrected chi connectivity index (χ1v) is 17.7. The van der Waals surface area contributed by atoms with Gasteiger partial charge in [-0.3, -0.25) is 9.69 Å². The number of amides is 1. The van der Waals surface area contributed by atoms with E-state index >= 15 is 4.39 Å². The van der Waals surface area contributed by atoms with Crippen LogP contribution >= 0.6 is 0 Å². The third kappa shape index (κ3) is 13.7. The molecule has 0 bridgehead atoms. The molecule has 1 unspecified atom stereocenters. The van der Waals surface area contributed by atoms with Gasteiger partial charge in [-0.2, -0.15) is 13.2 Å². The van der Waals surface area contributed by atoms with Crippen LogP contribution in [0.3, 0.4) is 0 Å². The number of rotatable bonds is 14. The molecule has 1 saturated heterocycles. The molecule has 1 aliphatic heterocycles. The smallest absolute Gasteiger partial charge is 0.393 e. The largest absolute Gasteiger partial charge is 0.489 e. The quantitative estimate of drug-likeness (QED) is 0.0512. The number of benzene rings is 2. The number of nitrogens with zero attached hydrogens (tertiary/aromatic N) is 1. The molecule has 276 valence electrons. The number of hydrogen-bond acceptors (Lipinski definition) is 4. The molecule has 0 aliphatic carbocycles. The Morgan fingerprint density at radius 2 is 1.71 bits per heavy atom. The van der Waals surface area contributed by atoms with Gasteiger partial charge in [0.2, 0.25) is 5.91 Å². The highest BCUT2D eigenvalue weighted by Crippen LogP contribution is 2.41. The molecule has 1 amide bonds. The first kappa shape index (κ1) is 41.1. The fourth-order valence-corrected chi connectivity index (χ4v) is 5.94. The summed E-state index contributed by atoms with van der Waals surface area (Å²) in [6.45, 7) is 13.5. The van der Waals surface area contributed by atoms with Crippen LogP contribution in [-0.2, 0) is 9.53 Å². The number of piperidine rings is 1. The maximum atomic E-state index is 15.2. The normalized spacial score (nSPS) is 17.6. The molecule has 9 heteroatoms. The van der Waals surface area contributed by atoms with E-state index in [-0.39, 0.29) is 34.4 Å². The lowest BCUT2D eigenvalue weighted by Crippen LogP contribution is -2.40. The van der Waals surface area contributed by atoms with E-state index in [4.69, 9.17) is 10.5 Å². The molecule has 0 aromatic heterocycles. The predicted octanol–water partition coefficient (Wildman–Crippen LogP) is 10.6. The van der Waals surface area contributed by atoms with Gasteiger partial charge in [0.25, 0.3) is 0 Å². The molecule has 1 aliphatic rings. The molecule has 1 fully saturated rings. The van der Waals surface area contributed by atoms with Crippen molar-refractivity contribution in [2.45, 2.75) is 91.5 Å². The van der Waals surface area contributed by atoms with Crippen LogP contribution < -0.4 is 11.1 Å². The number of carbonyl (C=O) groups excluding carboxylic acids is 1. The Hall–Kier alpha value is -4.37. The van der Waals surface area contributed by atoms with Crippen molar-refractivity contribution < 1.29 is 27.1 Å². The van der Waals surface area contributed by atoms with Crippen LogP contribution in [0.5, 0.6) is 0 Å². The lowest BCUT2D eigenvalue weighted by Gasteiger charge is -2.32. The Morgan fingerprint density at radius 3 is 2.33 bits per heavy atom. The lowest BCUT2D eigenvalue weighted by molar-refractivity contribution is -0.123. The fourth-order valence-electron chi connectivity index (χ4n) is 5.94. The van der Waals surface area contributed by atoms with E-state index in [1.54, 1.807) is 74.5 Å². The van der Waals surface area contributed by atoms with Crippen LogP contribution in [0.1, 0.15) is 90.3 Å². The summed E-state index contributed by atoms with van der Waals surface area (Å²) in [6.07, 6.45) is 9.14. The summed E-state index contributed by atoms with van der Waals surface area (Å²) < 4.78 is 64.5. The Bertz CT molecular complexity index is 1640. The predicted molar refractivity (Wildman–Crippen MR) is 203 cm³/mol. The molecule has 0 radical (unpaired) electrons. The molecule has 5 nitrogen and oxygen atoms in total. The highest BCUT2D eigenvalue weighted by molar-refractivity contribution is 6.00. The number of nitrogen functional groups attached to an aromatic ring is 1. The van der Waals surface area contributed by atoms with E-state index in [1.807, 2.05) is 39.8 Å². The van der Waals surface area contributed by atoms with Gasteiger partial charge < -0.3 is 15.8 Å². The highest BCUT2D eigenvalue weighted by Gasteiger charge is 2.32. The first-order chi connectivity index (χ1) is 24.1. The van der Waals surface area contributed by atoms with Gasteiger partial charge in [-0.05, 0) is 118 Å². The van der Waals surface area contributed by atoms with Gasteiger partial charge in [-0.15, -0.1) is 0 Å². The van der Waals surface area contributed by atoms with E-state index in [0.717, 1.165) is 19.4 Å². The molecule has 3 rings (SSSR count). The van der Waals surface area contributed by atoms with Crippen molar-refractivity contribution in [3.8, 4) is 0 Å². The second-order valence-corrected chi connectivity index (χ2v) is 13.6. The van der Waals surface area contributed by atoms with Gasteiger partial charge in [0, 0.05) is 36.0 Å². The highest BCUT2D eigenvalue weighted by atomic mass is 19.4. The molecule has 51 heavy (non-hydrogen) atoms. The van der Waals surface area contributed by atoms with Gasteiger partial charge in [-0.1, -0.05) is 68.5 Å². The van der Waals surface area contributed by atoms with Gasteiger partial charge in [0.1, 0.15) is 17.7 Å². The van der Waals surface area contributed by atoms with Crippen LogP contribution in [0, 0.1) is 0 Å². The molecule has 0 spiro atoms. The Labute approximate surface area is 301 Å². The van der Waals surface area contributed by atoms with E-state index < -0.39 is 18.4 Å². The topological polar surface area (TPSA) is 67.6 Å². The minimum Gasteiger partial charge on any atom is -0.489 e. The van der Waals surface area contributed by atoms with Gasteiger partial charge >= 0.3 is 6.18 Å². The Kier molecular flexibility index (Phi) is 15.5. The van der Waals surface area contributed by atoms with Crippen LogP contribution in [0.15, 0.2) is 102 Å². The van der Waals surface area contributed by atoms with Crippen LogP contribution in [0.25, 0.3) is 17.0 Å². The molecule has 0 saturated carbocycles. The van der Waals surface area contributed by atoms with E-state index in [9.17, 15) is 18.0 Å². The SMILES string of the molecule is C/C=C(\C=C/C(=C/CC)OC1CCCN(C/C=C/C(=O)NC(C)(C)C)C1)C(=C(/CC(F)(F)F)c1ccccc1)/c1ccc(N)c(/C(F)=C/CC)c1. The van der Waals surface area contributed by atoms with Crippen LogP contribution in [-0.4, -0.2) is 48.3 Å². The monoisotopic (exact) mass is 707 g/mol. The lowest BCUT2D eigenvalue weighted by atomic mass is 9.86. The zero-order valence-electron chi connectivity index (χ0n) is 30.7. The third-order valence-electron chi connectivity index (χ3n) is 8.11. The van der Waals surface area contributed by atoms with Crippen molar-refractivity contribution in [2.24, 2.45) is 0 Å². The summed E-state index contributed by atoms with van der Waals surface area (Å²) in [5.74, 6) is -0.0602. The maximum Gasteiger partial charge on any atom is 0.393 e. The average Bonchev–Trinajstić information content (AvgIpc) is 3.05. The van der Waals surface area contributed by atoms with Crippen molar-refractivity contribution in [1.82, 2.24) is 10.2 Å². The number of alkyl halides is 3. The van der Waals surface area contributed by atoms with E-state index in [1.165, 1.54) is 18.2 Å². The molecule has 1 atom stereocenters. The summed E-state index contributed by atoms with van der Waals surface area (Å²) in [7, 11) is 0. The van der Waals surface area contributed by atoms with E-state index in [0.29, 0.717) is 54.0 Å². The number of hydrogen-bond donors (Lipinski definition) is 2. The van der Waals surface area contributed by atoms with Crippen LogP contribution in [0.4, 0.5) is 23.2 Å². The summed E-state index contributed by atoms with van der Waals surface area (Å²) in [6, 6.07) is 13.2. The zero-order chi connectivity index (χ0) is 37.6. The third-order valence-corrected chi connectivity index (χ3v) is 8.11. The summed E-state index contributed by atoms with van der Waals surface area (Å²) in [4.78, 5) is 14.4. The zero-order valence-corrected chi connectivity index (χ0v) is 30.7. The second kappa shape index (κ2) is 19.3. The van der Waals surface area contributed by atoms with Crippen molar-refractivity contribution in [1.29, 1.82) is 0 Å². The second-order valence-electron chi connectivity index (χ2n) is 13.6. The van der Waals surface area contributed by atoms with E-state index in [2.05, 4.69) is 10.2 Å². The average molecular weight is 708 g/mol. The maximum absolute atomic E-state index is 15.2. The van der Waals surface area contributed by atoms with Crippen LogP contribution in [0.2, 0.25) is 0 Å². The fraction of sp³-hybridized carbons (Fsp3) is 0.405. The van der Waals surface area contributed by atoms with Crippen molar-refractivity contribution in [3.63, 3.8) is 0 Å². The molecule has 1 heterocycles. The molecular weight excluding hydrogens is 654 g/mol. The Morgan fingerprint density at radius 1 is 1.00 bits per heavy atom. The number of anilines is 1. The first-order valence-electron chi connectivity index (χ1n) is 17.7. The summed E-state index contributed by atoms with van der Waals surface area (Å²) in [5.41, 5.74) is 7.90. The standard InChI is InChI=1S/C42H53F4N3O2/c1-7-15-33(51-34-19-13-25-49(29-34)26-14-20-39(50)48-41(4,5)6)23-21-30(9-3)40(32-22-24-38(47)35(27-32)37(43)16-8-2)36(28-42(44,45)46)31-17-11-10-12-18-31/h9-12,14-18,20-24,27,34H,7-8,13,19,25-26,28-29,47H2,1-6H3,(H,48,50)/b20-14+,23-21-,30-9+,33-15-,37-16-,40-36+. The molecule has 2 aromatic carbocycles. The van der Waals surface area contributed by atoms with Gasteiger partial charge in [0.05, 0.1) is 6.42 Å². The number of nitrogens with one attached hydrogen (secondary N) is 1.